The van der Waals surface area contributed by atoms with Crippen LogP contribution in [0.3, 0.4) is 0 Å². The predicted octanol–water partition coefficient (Wildman–Crippen LogP) is 1.06. The minimum atomic E-state index is -0.0758. The number of amides is 1. The van der Waals surface area contributed by atoms with E-state index in [2.05, 4.69) is 11.4 Å². The van der Waals surface area contributed by atoms with Gasteiger partial charge in [0.1, 0.15) is 0 Å². The summed E-state index contributed by atoms with van der Waals surface area (Å²) in [7, 11) is 0. The third kappa shape index (κ3) is 3.38. The highest BCUT2D eigenvalue weighted by molar-refractivity contribution is 5.76. The Kier molecular flexibility index (Phi) is 3.09. The van der Waals surface area contributed by atoms with Crippen LogP contribution in [0.15, 0.2) is 0 Å². The van der Waals surface area contributed by atoms with E-state index in [0.29, 0.717) is 18.9 Å². The molecule has 3 nitrogen and oxygen atoms in total. The molecule has 0 heterocycles. The van der Waals surface area contributed by atoms with Crippen molar-refractivity contribution in [1.82, 2.24) is 5.32 Å². The third-order valence-electron chi connectivity index (χ3n) is 2.00. The van der Waals surface area contributed by atoms with Crippen LogP contribution in [-0.4, -0.2) is 12.5 Å². The van der Waals surface area contributed by atoms with Crippen LogP contribution in [0.2, 0.25) is 0 Å². The first-order chi connectivity index (χ1) is 5.72. The molecule has 0 aromatic carbocycles. The fourth-order valence-corrected chi connectivity index (χ4v) is 0.969. The number of hydrogen-bond donors (Lipinski definition) is 1. The molecule has 1 rings (SSSR count). The Morgan fingerprint density at radius 3 is 2.92 bits per heavy atom. The molecule has 66 valence electrons. The maximum Gasteiger partial charge on any atom is 0.220 e. The topological polar surface area (TPSA) is 52.9 Å². The fraction of sp³-hybridized carbons (Fsp3) is 0.778. The Bertz CT molecular complexity index is 203. The lowest BCUT2D eigenvalue weighted by atomic mass is 10.2. The molecule has 0 spiro atoms. The Labute approximate surface area is 72.8 Å². The Morgan fingerprint density at radius 2 is 2.42 bits per heavy atom. The second-order valence-corrected chi connectivity index (χ2v) is 3.48. The lowest BCUT2D eigenvalue weighted by molar-refractivity contribution is -0.121. The summed E-state index contributed by atoms with van der Waals surface area (Å²) < 4.78 is 0. The molecule has 0 radical (unpaired) electrons. The maximum atomic E-state index is 11.1. The first-order valence-corrected chi connectivity index (χ1v) is 4.38. The van der Waals surface area contributed by atoms with Gasteiger partial charge in [-0.3, -0.25) is 4.79 Å². The zero-order valence-corrected chi connectivity index (χ0v) is 7.34. The van der Waals surface area contributed by atoms with E-state index in [4.69, 9.17) is 5.26 Å². The summed E-state index contributed by atoms with van der Waals surface area (Å²) in [6.07, 6.45) is 3.04. The first-order valence-electron chi connectivity index (χ1n) is 4.38. The molecule has 1 aliphatic carbocycles. The molecule has 1 aliphatic rings. The number of rotatable bonds is 4. The van der Waals surface area contributed by atoms with Gasteiger partial charge in [-0.25, -0.2) is 0 Å². The molecule has 0 bridgehead atoms. The smallest absolute Gasteiger partial charge is 0.220 e. The summed E-state index contributed by atoms with van der Waals surface area (Å²) in [5, 5.41) is 11.2. The van der Waals surface area contributed by atoms with Crippen LogP contribution < -0.4 is 5.32 Å². The van der Waals surface area contributed by atoms with Gasteiger partial charge < -0.3 is 5.32 Å². The van der Waals surface area contributed by atoms with Crippen molar-refractivity contribution in [3.8, 4) is 6.07 Å². The molecule has 0 aromatic rings. The molecular formula is C9H14N2O. The summed E-state index contributed by atoms with van der Waals surface area (Å²) in [6, 6.07) is 2.07. The molecular weight excluding hydrogens is 152 g/mol. The van der Waals surface area contributed by atoms with Crippen LogP contribution in [0.1, 0.15) is 26.2 Å². The van der Waals surface area contributed by atoms with Gasteiger partial charge in [0.25, 0.3) is 0 Å². The van der Waals surface area contributed by atoms with Gasteiger partial charge in [0.15, 0.2) is 0 Å². The van der Waals surface area contributed by atoms with Crippen molar-refractivity contribution in [1.29, 1.82) is 5.26 Å². The van der Waals surface area contributed by atoms with E-state index in [1.807, 2.05) is 0 Å². The monoisotopic (exact) mass is 166 g/mol. The normalized spacial score (nSPS) is 18.0. The van der Waals surface area contributed by atoms with Crippen molar-refractivity contribution in [3.05, 3.63) is 0 Å². The molecule has 1 atom stereocenters. The lowest BCUT2D eigenvalue weighted by Crippen LogP contribution is -2.27. The van der Waals surface area contributed by atoms with Crippen LogP contribution >= 0.6 is 0 Å². The van der Waals surface area contributed by atoms with E-state index in [0.717, 1.165) is 0 Å². The summed E-state index contributed by atoms with van der Waals surface area (Å²) >= 11 is 0. The van der Waals surface area contributed by atoms with Gasteiger partial charge in [-0.15, -0.1) is 0 Å². The van der Waals surface area contributed by atoms with E-state index >= 15 is 0 Å². The largest absolute Gasteiger partial charge is 0.355 e. The lowest BCUT2D eigenvalue weighted by Gasteiger charge is -2.04. The van der Waals surface area contributed by atoms with Gasteiger partial charge in [-0.05, 0) is 25.7 Å². The van der Waals surface area contributed by atoms with E-state index in [9.17, 15) is 4.79 Å². The van der Waals surface area contributed by atoms with Crippen LogP contribution in [0.25, 0.3) is 0 Å². The summed E-state index contributed by atoms with van der Waals surface area (Å²) in [5.74, 6) is 0.648. The second-order valence-electron chi connectivity index (χ2n) is 3.48. The van der Waals surface area contributed by atoms with Crippen LogP contribution in [0, 0.1) is 23.2 Å². The van der Waals surface area contributed by atoms with Gasteiger partial charge in [0.2, 0.25) is 5.91 Å². The van der Waals surface area contributed by atoms with Crippen molar-refractivity contribution >= 4 is 5.91 Å². The van der Waals surface area contributed by atoms with Crippen molar-refractivity contribution in [2.24, 2.45) is 11.8 Å². The van der Waals surface area contributed by atoms with Crippen LogP contribution in [0.5, 0.6) is 0 Å². The van der Waals surface area contributed by atoms with E-state index in [-0.39, 0.29) is 11.8 Å². The van der Waals surface area contributed by atoms with Crippen molar-refractivity contribution in [2.45, 2.75) is 26.2 Å². The molecule has 0 aromatic heterocycles. The van der Waals surface area contributed by atoms with Gasteiger partial charge in [-0.1, -0.05) is 0 Å². The highest BCUT2D eigenvalue weighted by atomic mass is 16.1. The quantitative estimate of drug-likeness (QED) is 0.679. The molecule has 0 saturated heterocycles. The van der Waals surface area contributed by atoms with Crippen molar-refractivity contribution < 1.29 is 4.79 Å². The second kappa shape index (κ2) is 4.10. The van der Waals surface area contributed by atoms with Gasteiger partial charge >= 0.3 is 0 Å². The molecule has 3 heteroatoms. The highest BCUT2D eigenvalue weighted by Gasteiger charge is 2.24. The number of carbonyl (C=O) groups is 1. The van der Waals surface area contributed by atoms with E-state index < -0.39 is 0 Å². The third-order valence-corrected chi connectivity index (χ3v) is 2.00. The van der Waals surface area contributed by atoms with E-state index in [1.165, 1.54) is 12.8 Å². The Hall–Kier alpha value is -1.04. The van der Waals surface area contributed by atoms with Gasteiger partial charge in [-0.2, -0.15) is 5.26 Å². The minimum Gasteiger partial charge on any atom is -0.355 e. The zero-order valence-electron chi connectivity index (χ0n) is 7.34. The first kappa shape index (κ1) is 9.05. The van der Waals surface area contributed by atoms with Crippen LogP contribution in [0.4, 0.5) is 0 Å². The fourth-order valence-electron chi connectivity index (χ4n) is 0.969. The van der Waals surface area contributed by atoms with E-state index in [1.54, 1.807) is 6.92 Å². The molecule has 1 amide bonds. The maximum absolute atomic E-state index is 11.1. The van der Waals surface area contributed by atoms with Crippen molar-refractivity contribution in [3.63, 3.8) is 0 Å². The predicted molar refractivity (Wildman–Crippen MR) is 45.1 cm³/mol. The van der Waals surface area contributed by atoms with Crippen molar-refractivity contribution in [2.75, 3.05) is 6.54 Å². The Balaban J connectivity index is 2.05. The van der Waals surface area contributed by atoms with Gasteiger partial charge in [0.05, 0.1) is 12.0 Å². The molecule has 1 N–H and O–H groups in total. The average molecular weight is 166 g/mol. The number of carbonyl (C=O) groups excluding carboxylic acids is 1. The molecule has 1 unspecified atom stereocenters. The summed E-state index contributed by atoms with van der Waals surface area (Å²) in [5.41, 5.74) is 0. The standard InChI is InChI=1S/C9H14N2O/c1-7(5-10)6-11-9(12)4-8-2-3-8/h7-8H,2-4,6H2,1H3,(H,11,12). The highest BCUT2D eigenvalue weighted by Crippen LogP contribution is 2.31. The molecule has 0 aliphatic heterocycles. The summed E-state index contributed by atoms with van der Waals surface area (Å²) in [6.45, 7) is 2.29. The number of nitrogens with zero attached hydrogens (tertiary/aromatic N) is 1. The molecule has 12 heavy (non-hydrogen) atoms. The minimum absolute atomic E-state index is 0.0758. The Morgan fingerprint density at radius 1 is 1.75 bits per heavy atom. The number of hydrogen-bond acceptors (Lipinski definition) is 2. The zero-order chi connectivity index (χ0) is 8.97. The van der Waals surface area contributed by atoms with Crippen LogP contribution in [-0.2, 0) is 4.79 Å². The average Bonchev–Trinajstić information content (AvgIpc) is 2.84. The number of nitrogens with one attached hydrogen (secondary N) is 1. The molecule has 1 saturated carbocycles. The number of nitriles is 1. The summed E-state index contributed by atoms with van der Waals surface area (Å²) in [4.78, 5) is 11.1. The van der Waals surface area contributed by atoms with Gasteiger partial charge in [0, 0.05) is 13.0 Å². The SMILES string of the molecule is CC(C#N)CNC(=O)CC1CC1. The molecule has 1 fully saturated rings.